The molecule has 0 aliphatic rings. The Labute approximate surface area is 68.1 Å². The molecule has 64 valence electrons. The van der Waals surface area contributed by atoms with Crippen LogP contribution in [0.15, 0.2) is 24.3 Å². The fourth-order valence-electron chi connectivity index (χ4n) is 0.813. The van der Waals surface area contributed by atoms with E-state index in [1.165, 1.54) is 29.8 Å². The van der Waals surface area contributed by atoms with Gasteiger partial charge < -0.3 is 0 Å². The average molecular weight is 170 g/mol. The highest BCUT2D eigenvalue weighted by atomic mass is 19.2. The molecule has 5 heteroatoms. The molecule has 1 rings (SSSR count). The molecule has 0 radical (unpaired) electrons. The number of hydrogen-bond donors (Lipinski definition) is 1. The van der Waals surface area contributed by atoms with Crippen molar-refractivity contribution >= 4 is 5.69 Å². The van der Waals surface area contributed by atoms with Gasteiger partial charge >= 0.3 is 0 Å². The van der Waals surface area contributed by atoms with Gasteiger partial charge in [0.05, 0.1) is 11.5 Å². The zero-order valence-electron chi connectivity index (χ0n) is 6.16. The summed E-state index contributed by atoms with van der Waals surface area (Å²) in [6.07, 6.45) is 0. The Hall–Kier alpha value is -1.49. The highest BCUT2D eigenvalue weighted by molar-refractivity contribution is 5.32. The fraction of sp³-hybridized carbons (Fsp3) is 0.143. The number of rotatable bonds is 3. The Kier molecular flexibility index (Phi) is 2.71. The SMILES string of the molecule is O=[N+]([O-])c1ccc(CNF)cc1. The number of non-ortho nitro benzene ring substituents is 1. The highest BCUT2D eigenvalue weighted by Crippen LogP contribution is 2.11. The normalized spacial score (nSPS) is 9.75. The second kappa shape index (κ2) is 3.77. The van der Waals surface area contributed by atoms with Crippen LogP contribution in [0.2, 0.25) is 0 Å². The van der Waals surface area contributed by atoms with Crippen LogP contribution in [0.25, 0.3) is 0 Å². The lowest BCUT2D eigenvalue weighted by Gasteiger charge is -1.95. The molecule has 1 aromatic rings. The van der Waals surface area contributed by atoms with Crippen LogP contribution in [0.3, 0.4) is 0 Å². The summed E-state index contributed by atoms with van der Waals surface area (Å²) < 4.78 is 11.6. The second-order valence-corrected chi connectivity index (χ2v) is 2.23. The van der Waals surface area contributed by atoms with Crippen molar-refractivity contribution in [1.82, 2.24) is 5.54 Å². The maximum atomic E-state index is 11.6. The smallest absolute Gasteiger partial charge is 0.258 e. The van der Waals surface area contributed by atoms with Crippen molar-refractivity contribution in [1.29, 1.82) is 0 Å². The Bertz CT molecular complexity index is 273. The maximum Gasteiger partial charge on any atom is 0.269 e. The first kappa shape index (κ1) is 8.61. The van der Waals surface area contributed by atoms with Gasteiger partial charge in [-0.05, 0) is 5.56 Å². The van der Waals surface area contributed by atoms with Crippen LogP contribution in [0.1, 0.15) is 5.56 Å². The maximum absolute atomic E-state index is 11.6. The van der Waals surface area contributed by atoms with E-state index in [0.29, 0.717) is 5.56 Å². The van der Waals surface area contributed by atoms with Gasteiger partial charge in [-0.3, -0.25) is 10.1 Å². The third-order valence-electron chi connectivity index (χ3n) is 1.42. The molecule has 0 amide bonds. The van der Waals surface area contributed by atoms with Crippen LogP contribution in [0, 0.1) is 10.1 Å². The van der Waals surface area contributed by atoms with Crippen LogP contribution in [-0.4, -0.2) is 4.92 Å². The third kappa shape index (κ3) is 2.00. The van der Waals surface area contributed by atoms with Gasteiger partial charge in [-0.1, -0.05) is 12.1 Å². The van der Waals surface area contributed by atoms with Crippen LogP contribution in [0.4, 0.5) is 10.2 Å². The Balaban J connectivity index is 2.78. The molecule has 0 saturated heterocycles. The quantitative estimate of drug-likeness (QED) is 0.425. The Morgan fingerprint density at radius 1 is 1.42 bits per heavy atom. The first-order valence-corrected chi connectivity index (χ1v) is 3.31. The van der Waals surface area contributed by atoms with Gasteiger partial charge in [0, 0.05) is 12.1 Å². The molecule has 0 unspecified atom stereocenters. The first-order valence-electron chi connectivity index (χ1n) is 3.31. The summed E-state index contributed by atoms with van der Waals surface area (Å²) in [5, 5.41) is 10.2. The lowest BCUT2D eigenvalue weighted by Crippen LogP contribution is -1.99. The van der Waals surface area contributed by atoms with Gasteiger partial charge in [0.15, 0.2) is 0 Å². The van der Waals surface area contributed by atoms with Crippen LogP contribution < -0.4 is 5.54 Å². The van der Waals surface area contributed by atoms with E-state index in [-0.39, 0.29) is 12.2 Å². The van der Waals surface area contributed by atoms with E-state index in [9.17, 15) is 14.6 Å². The van der Waals surface area contributed by atoms with E-state index >= 15 is 0 Å². The topological polar surface area (TPSA) is 55.2 Å². The molecule has 1 N–H and O–H groups in total. The number of hydrogen-bond acceptors (Lipinski definition) is 3. The standard InChI is InChI=1S/C7H7FN2O2/c8-9-5-6-1-3-7(4-2-6)10(11)12/h1-4,9H,5H2. The molecule has 1 aromatic carbocycles. The summed E-state index contributed by atoms with van der Waals surface area (Å²) in [5.74, 6) is 0. The third-order valence-corrected chi connectivity index (χ3v) is 1.42. The fourth-order valence-corrected chi connectivity index (χ4v) is 0.813. The predicted molar refractivity (Wildman–Crippen MR) is 41.0 cm³/mol. The predicted octanol–water partition coefficient (Wildman–Crippen LogP) is 1.57. The lowest BCUT2D eigenvalue weighted by molar-refractivity contribution is -0.384. The Morgan fingerprint density at radius 2 is 2.00 bits per heavy atom. The largest absolute Gasteiger partial charge is 0.269 e. The van der Waals surface area contributed by atoms with Crippen molar-refractivity contribution in [3.8, 4) is 0 Å². The Morgan fingerprint density at radius 3 is 2.42 bits per heavy atom. The van der Waals surface area contributed by atoms with Crippen LogP contribution in [0.5, 0.6) is 0 Å². The van der Waals surface area contributed by atoms with Gasteiger partial charge in [0.1, 0.15) is 0 Å². The zero-order valence-corrected chi connectivity index (χ0v) is 6.16. The first-order chi connectivity index (χ1) is 5.74. The minimum Gasteiger partial charge on any atom is -0.258 e. The molecule has 0 heterocycles. The molecule has 4 nitrogen and oxygen atoms in total. The molecule has 0 spiro atoms. The number of nitro benzene ring substituents is 1. The molecule has 0 aliphatic carbocycles. The molecule has 0 aromatic heterocycles. The van der Waals surface area contributed by atoms with Gasteiger partial charge in [-0.25, -0.2) is 0 Å². The zero-order chi connectivity index (χ0) is 8.97. The summed E-state index contributed by atoms with van der Waals surface area (Å²) >= 11 is 0. The summed E-state index contributed by atoms with van der Waals surface area (Å²) in [5.41, 5.74) is 2.14. The number of halogens is 1. The van der Waals surface area contributed by atoms with Gasteiger partial charge in [-0.2, -0.15) is 5.54 Å². The molecule has 0 atom stereocenters. The molecular weight excluding hydrogens is 163 g/mol. The highest BCUT2D eigenvalue weighted by Gasteiger charge is 2.02. The average Bonchev–Trinajstić information content (AvgIpc) is 2.06. The van der Waals surface area contributed by atoms with Crippen LogP contribution in [-0.2, 0) is 6.54 Å². The van der Waals surface area contributed by atoms with Crippen LogP contribution >= 0.6 is 0 Å². The summed E-state index contributed by atoms with van der Waals surface area (Å²) in [7, 11) is 0. The van der Waals surface area contributed by atoms with Gasteiger partial charge in [0.25, 0.3) is 5.69 Å². The number of benzene rings is 1. The minimum absolute atomic E-state index is 0.0117. The monoisotopic (exact) mass is 170 g/mol. The molecule has 0 aliphatic heterocycles. The van der Waals surface area contributed by atoms with E-state index in [2.05, 4.69) is 0 Å². The number of nitrogens with zero attached hydrogens (tertiary/aromatic N) is 1. The van der Waals surface area contributed by atoms with E-state index in [0.717, 1.165) is 0 Å². The van der Waals surface area contributed by atoms with E-state index in [1.54, 1.807) is 0 Å². The van der Waals surface area contributed by atoms with Crippen molar-refractivity contribution in [2.75, 3.05) is 0 Å². The van der Waals surface area contributed by atoms with E-state index in [4.69, 9.17) is 0 Å². The molecule has 0 fully saturated rings. The van der Waals surface area contributed by atoms with Gasteiger partial charge in [0.2, 0.25) is 0 Å². The van der Waals surface area contributed by atoms with E-state index < -0.39 is 4.92 Å². The van der Waals surface area contributed by atoms with Gasteiger partial charge in [-0.15, -0.1) is 4.48 Å². The number of nitro groups is 1. The van der Waals surface area contributed by atoms with Crippen molar-refractivity contribution in [3.63, 3.8) is 0 Å². The van der Waals surface area contributed by atoms with Crippen molar-refractivity contribution < 1.29 is 9.40 Å². The van der Waals surface area contributed by atoms with Crippen molar-refractivity contribution in [3.05, 3.63) is 39.9 Å². The summed E-state index contributed by atoms with van der Waals surface area (Å²) in [4.78, 5) is 9.69. The molecular formula is C7H7FN2O2. The summed E-state index contributed by atoms with van der Waals surface area (Å²) in [6.45, 7) is 0.0675. The van der Waals surface area contributed by atoms with Crippen molar-refractivity contribution in [2.45, 2.75) is 6.54 Å². The minimum atomic E-state index is -0.493. The van der Waals surface area contributed by atoms with E-state index in [1.807, 2.05) is 0 Å². The second-order valence-electron chi connectivity index (χ2n) is 2.23. The lowest BCUT2D eigenvalue weighted by atomic mass is 10.2. The van der Waals surface area contributed by atoms with Crippen molar-refractivity contribution in [2.24, 2.45) is 0 Å². The molecule has 0 saturated carbocycles. The molecule has 12 heavy (non-hydrogen) atoms. The number of nitrogens with one attached hydrogen (secondary N) is 1. The molecule has 0 bridgehead atoms. The summed E-state index contributed by atoms with van der Waals surface area (Å²) in [6, 6.07) is 5.69.